The second kappa shape index (κ2) is 9.91. The van der Waals surface area contributed by atoms with Gasteiger partial charge in [0.1, 0.15) is 5.54 Å². The zero-order valence-electron chi connectivity index (χ0n) is 19.3. The lowest BCUT2D eigenvalue weighted by Gasteiger charge is -2.34. The summed E-state index contributed by atoms with van der Waals surface area (Å²) in [5.74, 6) is -0.586. The second-order valence-corrected chi connectivity index (χ2v) is 9.38. The number of hydrazine groups is 1. The van der Waals surface area contributed by atoms with E-state index in [2.05, 4.69) is 15.6 Å². The van der Waals surface area contributed by atoms with Crippen molar-refractivity contribution < 1.29 is 19.2 Å². The first-order valence-electron chi connectivity index (χ1n) is 11.9. The number of carbonyl (C=O) groups excluding carboxylic acids is 4. The number of nitrogens with one attached hydrogen (secondary N) is 2. The minimum absolute atomic E-state index is 0.117. The number of hydrogen-bond acceptors (Lipinski definition) is 5. The quantitative estimate of drug-likeness (QED) is 0.631. The normalized spacial score (nSPS) is 20.8. The Morgan fingerprint density at radius 2 is 1.67 bits per heavy atom. The first-order chi connectivity index (χ1) is 15.9. The molecular weight excluding hydrogens is 422 g/mol. The third-order valence-electron chi connectivity index (χ3n) is 6.96. The van der Waals surface area contributed by atoms with Crippen molar-refractivity contribution in [3.63, 3.8) is 0 Å². The van der Waals surface area contributed by atoms with Crippen LogP contribution in [0, 0.1) is 6.92 Å². The molecule has 0 bridgehead atoms. The summed E-state index contributed by atoms with van der Waals surface area (Å²) < 4.78 is 0. The minimum Gasteiger partial charge on any atom is -0.340 e. The molecule has 178 valence electrons. The molecule has 1 spiro atoms. The zero-order valence-corrected chi connectivity index (χ0v) is 19.3. The average Bonchev–Trinajstić information content (AvgIpc) is 3.03. The molecule has 4 rings (SSSR count). The number of amides is 5. The molecule has 3 aliphatic rings. The van der Waals surface area contributed by atoms with Gasteiger partial charge in [-0.05, 0) is 25.3 Å². The summed E-state index contributed by atoms with van der Waals surface area (Å²) in [7, 11) is 0. The lowest BCUT2D eigenvalue weighted by atomic mass is 9.82. The number of imide groups is 1. The van der Waals surface area contributed by atoms with Crippen molar-refractivity contribution in [3.8, 4) is 0 Å². The first-order valence-corrected chi connectivity index (χ1v) is 11.9. The molecular formula is C24H33N5O4. The van der Waals surface area contributed by atoms with Crippen LogP contribution in [-0.2, 0) is 20.8 Å². The highest BCUT2D eigenvalue weighted by Gasteiger charge is 2.52. The number of aryl methyl sites for hydroxylation is 1. The van der Waals surface area contributed by atoms with Gasteiger partial charge in [0, 0.05) is 39.1 Å². The van der Waals surface area contributed by atoms with Crippen molar-refractivity contribution in [2.24, 2.45) is 0 Å². The predicted molar refractivity (Wildman–Crippen MR) is 122 cm³/mol. The van der Waals surface area contributed by atoms with E-state index >= 15 is 0 Å². The van der Waals surface area contributed by atoms with E-state index in [1.165, 1.54) is 5.56 Å². The summed E-state index contributed by atoms with van der Waals surface area (Å²) in [6.07, 6.45) is 4.67. The van der Waals surface area contributed by atoms with Crippen LogP contribution in [-0.4, -0.2) is 76.8 Å². The minimum atomic E-state index is -0.843. The fourth-order valence-corrected chi connectivity index (χ4v) is 4.87. The molecule has 0 atom stereocenters. The van der Waals surface area contributed by atoms with Crippen LogP contribution >= 0.6 is 0 Å². The highest BCUT2D eigenvalue weighted by atomic mass is 16.2. The molecule has 1 saturated carbocycles. The van der Waals surface area contributed by atoms with Gasteiger partial charge in [-0.15, -0.1) is 0 Å². The summed E-state index contributed by atoms with van der Waals surface area (Å²) in [5, 5.41) is 3.65. The smallest absolute Gasteiger partial charge is 0.340 e. The maximum Gasteiger partial charge on any atom is 0.344 e. The Bertz CT molecular complexity index is 902. The summed E-state index contributed by atoms with van der Waals surface area (Å²) >= 11 is 0. The molecule has 2 heterocycles. The van der Waals surface area contributed by atoms with E-state index < -0.39 is 11.6 Å². The van der Waals surface area contributed by atoms with Crippen LogP contribution in [0.1, 0.15) is 49.7 Å². The third kappa shape index (κ3) is 5.35. The zero-order chi connectivity index (χ0) is 23.4. The molecule has 3 fully saturated rings. The van der Waals surface area contributed by atoms with Crippen LogP contribution in [0.5, 0.6) is 0 Å². The number of piperazine rings is 1. The van der Waals surface area contributed by atoms with E-state index in [-0.39, 0.29) is 24.1 Å². The van der Waals surface area contributed by atoms with Crippen molar-refractivity contribution in [1.29, 1.82) is 0 Å². The molecule has 0 radical (unpaired) electrons. The van der Waals surface area contributed by atoms with Crippen LogP contribution in [0.4, 0.5) is 4.79 Å². The van der Waals surface area contributed by atoms with E-state index in [0.717, 1.165) is 29.8 Å². The van der Waals surface area contributed by atoms with Gasteiger partial charge in [0.05, 0.1) is 6.42 Å². The van der Waals surface area contributed by atoms with Gasteiger partial charge in [0.15, 0.2) is 0 Å². The van der Waals surface area contributed by atoms with Gasteiger partial charge in [0.25, 0.3) is 5.91 Å². The van der Waals surface area contributed by atoms with Crippen molar-refractivity contribution in [3.05, 3.63) is 35.4 Å². The Morgan fingerprint density at radius 1 is 1.00 bits per heavy atom. The number of rotatable bonds is 6. The number of benzene rings is 1. The van der Waals surface area contributed by atoms with Crippen LogP contribution < -0.4 is 10.7 Å². The molecule has 9 heteroatoms. The molecule has 2 N–H and O–H groups in total. The van der Waals surface area contributed by atoms with Crippen molar-refractivity contribution in [2.45, 2.75) is 57.4 Å². The molecule has 0 aromatic heterocycles. The Morgan fingerprint density at radius 3 is 2.33 bits per heavy atom. The summed E-state index contributed by atoms with van der Waals surface area (Å²) in [4.78, 5) is 54.0. The molecule has 5 amide bonds. The standard InChI is InChI=1S/C24H33N5O4/c1-18-5-7-19(8-6-18)17-21(31)28-15-13-27(14-16-28)12-9-20(30)26-29-22(32)24(25-23(29)33)10-3-2-4-11-24/h5-8H,2-4,9-17H2,1H3,(H,25,33)(H,26,30). The Labute approximate surface area is 194 Å². The van der Waals surface area contributed by atoms with Crippen LogP contribution in [0.2, 0.25) is 0 Å². The molecule has 33 heavy (non-hydrogen) atoms. The molecule has 1 aromatic rings. The Hall–Kier alpha value is -2.94. The lowest BCUT2D eigenvalue weighted by Crippen LogP contribution is -2.52. The fourth-order valence-electron chi connectivity index (χ4n) is 4.87. The maximum atomic E-state index is 12.8. The van der Waals surface area contributed by atoms with Gasteiger partial charge < -0.3 is 10.2 Å². The Kier molecular flexibility index (Phi) is 6.97. The van der Waals surface area contributed by atoms with E-state index in [1.54, 1.807) is 0 Å². The van der Waals surface area contributed by atoms with Crippen molar-refractivity contribution >= 4 is 23.8 Å². The highest BCUT2D eigenvalue weighted by molar-refractivity contribution is 6.08. The van der Waals surface area contributed by atoms with Gasteiger partial charge in [-0.25, -0.2) is 4.79 Å². The van der Waals surface area contributed by atoms with E-state index in [4.69, 9.17) is 0 Å². The molecule has 0 unspecified atom stereocenters. The van der Waals surface area contributed by atoms with E-state index in [9.17, 15) is 19.2 Å². The molecule has 1 aromatic carbocycles. The number of nitrogens with zero attached hydrogens (tertiary/aromatic N) is 3. The number of hydrogen-bond donors (Lipinski definition) is 2. The summed E-state index contributed by atoms with van der Waals surface area (Å²) in [6, 6.07) is 7.46. The summed E-state index contributed by atoms with van der Waals surface area (Å²) in [5.41, 5.74) is 3.83. The monoisotopic (exact) mass is 455 g/mol. The van der Waals surface area contributed by atoms with Gasteiger partial charge >= 0.3 is 6.03 Å². The first kappa shape index (κ1) is 23.2. The van der Waals surface area contributed by atoms with Crippen molar-refractivity contribution in [2.75, 3.05) is 32.7 Å². The second-order valence-electron chi connectivity index (χ2n) is 9.38. The molecule has 2 saturated heterocycles. The van der Waals surface area contributed by atoms with Crippen molar-refractivity contribution in [1.82, 2.24) is 25.6 Å². The lowest BCUT2D eigenvalue weighted by molar-refractivity contribution is -0.140. The van der Waals surface area contributed by atoms with E-state index in [1.807, 2.05) is 36.1 Å². The molecule has 2 aliphatic heterocycles. The SMILES string of the molecule is Cc1ccc(CC(=O)N2CCN(CCC(=O)NN3C(=O)NC4(CCCCC4)C3=O)CC2)cc1. The number of urea groups is 1. The maximum absolute atomic E-state index is 12.8. The predicted octanol–water partition coefficient (Wildman–Crippen LogP) is 1.36. The van der Waals surface area contributed by atoms with Crippen LogP contribution in [0.25, 0.3) is 0 Å². The molecule has 9 nitrogen and oxygen atoms in total. The van der Waals surface area contributed by atoms with Gasteiger partial charge in [-0.3, -0.25) is 24.7 Å². The third-order valence-corrected chi connectivity index (χ3v) is 6.96. The molecule has 1 aliphatic carbocycles. The topological polar surface area (TPSA) is 102 Å². The van der Waals surface area contributed by atoms with Crippen LogP contribution in [0.3, 0.4) is 0 Å². The van der Waals surface area contributed by atoms with Crippen LogP contribution in [0.15, 0.2) is 24.3 Å². The largest absolute Gasteiger partial charge is 0.344 e. The van der Waals surface area contributed by atoms with E-state index in [0.29, 0.717) is 52.0 Å². The highest BCUT2D eigenvalue weighted by Crippen LogP contribution is 2.33. The van der Waals surface area contributed by atoms with Gasteiger partial charge in [-0.1, -0.05) is 49.1 Å². The average molecular weight is 456 g/mol. The summed E-state index contributed by atoms with van der Waals surface area (Å²) in [6.45, 7) is 5.18. The van der Waals surface area contributed by atoms with Gasteiger partial charge in [-0.2, -0.15) is 5.01 Å². The van der Waals surface area contributed by atoms with Gasteiger partial charge in [0.2, 0.25) is 11.8 Å². The number of carbonyl (C=O) groups is 4. The fraction of sp³-hybridized carbons (Fsp3) is 0.583. The Balaban J connectivity index is 1.18.